The van der Waals surface area contributed by atoms with Crippen molar-refractivity contribution in [2.24, 2.45) is 0 Å². The van der Waals surface area contributed by atoms with Crippen LogP contribution in [0.15, 0.2) is 0 Å². The van der Waals surface area contributed by atoms with Crippen LogP contribution in [-0.2, 0) is 14.3 Å². The summed E-state index contributed by atoms with van der Waals surface area (Å²) in [6.07, 6.45) is 2.77. The summed E-state index contributed by atoms with van der Waals surface area (Å²) < 4.78 is 3.26. The van der Waals surface area contributed by atoms with E-state index in [1.807, 2.05) is 6.92 Å². The van der Waals surface area contributed by atoms with Gasteiger partial charge in [0, 0.05) is 0 Å². The number of hydrogen-bond acceptors (Lipinski definition) is 3. The fraction of sp³-hybridized carbons (Fsp3) is 0.571. The molecular formula is C7H8Br3O3. The lowest BCUT2D eigenvalue weighted by atomic mass is 10.2. The highest BCUT2D eigenvalue weighted by Gasteiger charge is 2.32. The average Bonchev–Trinajstić information content (AvgIpc) is 1.99. The van der Waals surface area contributed by atoms with Crippen molar-refractivity contribution in [3.8, 4) is 0 Å². The van der Waals surface area contributed by atoms with Gasteiger partial charge in [-0.3, -0.25) is 4.79 Å². The smallest absolute Gasteiger partial charge is 0.352 e. The molecule has 0 unspecified atom stereocenters. The van der Waals surface area contributed by atoms with Gasteiger partial charge in [-0.25, -0.2) is 4.79 Å². The van der Waals surface area contributed by atoms with E-state index in [4.69, 9.17) is 0 Å². The zero-order valence-electron chi connectivity index (χ0n) is 6.85. The summed E-state index contributed by atoms with van der Waals surface area (Å²) in [4.78, 5) is 21.9. The molecule has 0 atom stereocenters. The maximum atomic E-state index is 11.0. The standard InChI is InChI=1S/C7H8Br3O3/c1-2-3-4-5(11)13-6(12)7(8,9)10/h4H,2-3H2,1H3. The first-order valence-corrected chi connectivity index (χ1v) is 5.92. The number of rotatable bonds is 3. The molecule has 3 nitrogen and oxygen atoms in total. The van der Waals surface area contributed by atoms with Gasteiger partial charge in [-0.2, -0.15) is 0 Å². The Kier molecular flexibility index (Phi) is 6.41. The van der Waals surface area contributed by atoms with Crippen molar-refractivity contribution in [1.82, 2.24) is 0 Å². The van der Waals surface area contributed by atoms with E-state index in [0.29, 0.717) is 6.42 Å². The van der Waals surface area contributed by atoms with Crippen molar-refractivity contribution in [3.05, 3.63) is 6.42 Å². The molecule has 0 aliphatic rings. The highest BCUT2D eigenvalue weighted by Crippen LogP contribution is 2.34. The maximum absolute atomic E-state index is 11.0. The van der Waals surface area contributed by atoms with Crippen LogP contribution >= 0.6 is 47.8 Å². The van der Waals surface area contributed by atoms with Crippen molar-refractivity contribution < 1.29 is 14.3 Å². The molecule has 0 amide bonds. The predicted molar refractivity (Wildman–Crippen MR) is 59.8 cm³/mol. The van der Waals surface area contributed by atoms with E-state index in [1.54, 1.807) is 0 Å². The summed E-state index contributed by atoms with van der Waals surface area (Å²) in [7, 11) is 0. The van der Waals surface area contributed by atoms with E-state index in [-0.39, 0.29) is 0 Å². The molecule has 0 rings (SSSR count). The lowest BCUT2D eigenvalue weighted by molar-refractivity contribution is -0.155. The third kappa shape index (κ3) is 6.62. The van der Waals surface area contributed by atoms with Crippen LogP contribution < -0.4 is 0 Å². The number of carbonyl (C=O) groups excluding carboxylic acids is 2. The van der Waals surface area contributed by atoms with Gasteiger partial charge in [0.15, 0.2) is 0 Å². The van der Waals surface area contributed by atoms with E-state index in [2.05, 4.69) is 52.5 Å². The van der Waals surface area contributed by atoms with E-state index in [0.717, 1.165) is 6.42 Å². The second-order valence-electron chi connectivity index (χ2n) is 2.20. The predicted octanol–water partition coefficient (Wildman–Crippen LogP) is 2.90. The molecule has 0 aromatic rings. The van der Waals surface area contributed by atoms with Crippen LogP contribution in [0.4, 0.5) is 0 Å². The molecular weight excluding hydrogens is 372 g/mol. The number of halogens is 3. The molecule has 0 spiro atoms. The van der Waals surface area contributed by atoms with Gasteiger partial charge in [0.2, 0.25) is 2.14 Å². The summed E-state index contributed by atoms with van der Waals surface area (Å²) in [5.74, 6) is -1.36. The summed E-state index contributed by atoms with van der Waals surface area (Å²) in [5, 5.41) is 0. The van der Waals surface area contributed by atoms with Crippen LogP contribution in [0.3, 0.4) is 0 Å². The first-order chi connectivity index (χ1) is 5.88. The van der Waals surface area contributed by atoms with Crippen LogP contribution in [0, 0.1) is 6.42 Å². The number of hydrogen-bond donors (Lipinski definition) is 0. The molecule has 6 heteroatoms. The molecule has 0 aliphatic carbocycles. The zero-order chi connectivity index (χ0) is 10.5. The normalized spacial score (nSPS) is 11.1. The summed E-state index contributed by atoms with van der Waals surface area (Å²) >= 11 is 8.80. The van der Waals surface area contributed by atoms with Crippen molar-refractivity contribution in [1.29, 1.82) is 0 Å². The Morgan fingerprint density at radius 3 is 2.31 bits per heavy atom. The number of ether oxygens (including phenoxy) is 1. The van der Waals surface area contributed by atoms with E-state index >= 15 is 0 Å². The third-order valence-electron chi connectivity index (χ3n) is 1.02. The van der Waals surface area contributed by atoms with Gasteiger partial charge < -0.3 is 4.74 Å². The highest BCUT2D eigenvalue weighted by atomic mass is 80.0. The first kappa shape index (κ1) is 13.6. The zero-order valence-corrected chi connectivity index (χ0v) is 11.6. The fourth-order valence-electron chi connectivity index (χ4n) is 0.453. The van der Waals surface area contributed by atoms with Gasteiger partial charge in [0.25, 0.3) is 0 Å². The van der Waals surface area contributed by atoms with E-state index in [1.165, 1.54) is 6.42 Å². The van der Waals surface area contributed by atoms with Gasteiger partial charge in [-0.15, -0.1) is 0 Å². The van der Waals surface area contributed by atoms with E-state index < -0.39 is 14.1 Å². The largest absolute Gasteiger partial charge is 0.391 e. The topological polar surface area (TPSA) is 43.4 Å². The van der Waals surface area contributed by atoms with Crippen molar-refractivity contribution in [2.75, 3.05) is 0 Å². The average molecular weight is 380 g/mol. The molecule has 75 valence electrons. The van der Waals surface area contributed by atoms with Crippen LogP contribution in [-0.4, -0.2) is 14.1 Å². The number of esters is 2. The molecule has 13 heavy (non-hydrogen) atoms. The third-order valence-corrected chi connectivity index (χ3v) is 2.00. The molecule has 0 aliphatic heterocycles. The Bertz CT molecular complexity index is 198. The fourth-order valence-corrected chi connectivity index (χ4v) is 0.696. The quantitative estimate of drug-likeness (QED) is 0.430. The van der Waals surface area contributed by atoms with Gasteiger partial charge in [-0.1, -0.05) is 13.3 Å². The molecule has 0 saturated heterocycles. The summed E-state index contributed by atoms with van der Waals surface area (Å²) in [5.41, 5.74) is 0. The molecule has 0 saturated carbocycles. The number of alkyl halides is 3. The van der Waals surface area contributed by atoms with Gasteiger partial charge in [-0.05, 0) is 54.2 Å². The molecule has 0 aromatic heterocycles. The SMILES string of the molecule is CCC[CH]C(=O)OC(=O)C(Br)(Br)Br. The monoisotopic (exact) mass is 377 g/mol. The van der Waals surface area contributed by atoms with Crippen molar-refractivity contribution >= 4 is 59.7 Å². The van der Waals surface area contributed by atoms with Gasteiger partial charge >= 0.3 is 11.9 Å². The maximum Gasteiger partial charge on any atom is 0.352 e. The van der Waals surface area contributed by atoms with Crippen molar-refractivity contribution in [3.63, 3.8) is 0 Å². The van der Waals surface area contributed by atoms with Crippen LogP contribution in [0.25, 0.3) is 0 Å². The molecule has 1 radical (unpaired) electrons. The Labute approximate surface area is 102 Å². The van der Waals surface area contributed by atoms with Crippen LogP contribution in [0.1, 0.15) is 19.8 Å². The molecule has 0 aromatic carbocycles. The second-order valence-corrected chi connectivity index (χ2v) is 8.96. The molecule has 0 N–H and O–H groups in total. The van der Waals surface area contributed by atoms with Gasteiger partial charge in [0.05, 0.1) is 6.42 Å². The minimum absolute atomic E-state index is 0.603. The Hall–Kier alpha value is 0.580. The molecule has 0 bridgehead atoms. The lowest BCUT2D eigenvalue weighted by Gasteiger charge is -2.09. The van der Waals surface area contributed by atoms with Crippen LogP contribution in [0.5, 0.6) is 0 Å². The number of carbonyl (C=O) groups is 2. The Morgan fingerprint density at radius 1 is 1.38 bits per heavy atom. The molecule has 0 heterocycles. The number of unbranched alkanes of at least 4 members (excludes halogenated alkanes) is 1. The first-order valence-electron chi connectivity index (χ1n) is 3.54. The van der Waals surface area contributed by atoms with Crippen LogP contribution in [0.2, 0.25) is 0 Å². The second kappa shape index (κ2) is 6.14. The van der Waals surface area contributed by atoms with Crippen molar-refractivity contribution in [2.45, 2.75) is 21.9 Å². The minimum atomic E-state index is -1.18. The highest BCUT2D eigenvalue weighted by molar-refractivity contribution is 9.40. The minimum Gasteiger partial charge on any atom is -0.391 e. The van der Waals surface area contributed by atoms with E-state index in [9.17, 15) is 9.59 Å². The summed E-state index contributed by atoms with van der Waals surface area (Å²) in [6.45, 7) is 1.93. The molecule has 0 fully saturated rings. The Morgan fingerprint density at radius 2 is 1.92 bits per heavy atom. The lowest BCUT2D eigenvalue weighted by Crippen LogP contribution is -2.23. The summed E-state index contributed by atoms with van der Waals surface area (Å²) in [6, 6.07) is 0. The Balaban J connectivity index is 3.86. The van der Waals surface area contributed by atoms with Gasteiger partial charge in [0.1, 0.15) is 0 Å².